The van der Waals surface area contributed by atoms with Crippen molar-refractivity contribution in [3.05, 3.63) is 47.1 Å². The highest BCUT2D eigenvalue weighted by Gasteiger charge is 2.24. The monoisotopic (exact) mass is 402 g/mol. The summed E-state index contributed by atoms with van der Waals surface area (Å²) in [6.45, 7) is 2.56. The van der Waals surface area contributed by atoms with E-state index in [9.17, 15) is 9.59 Å². The van der Waals surface area contributed by atoms with Gasteiger partial charge in [-0.1, -0.05) is 23.7 Å². The topological polar surface area (TPSA) is 81.7 Å². The first kappa shape index (κ1) is 20.0. The van der Waals surface area contributed by atoms with Gasteiger partial charge in [0.1, 0.15) is 0 Å². The summed E-state index contributed by atoms with van der Waals surface area (Å²) in [4.78, 5) is 30.4. The van der Waals surface area contributed by atoms with E-state index in [-0.39, 0.29) is 18.4 Å². The number of nitrogens with zero attached hydrogens (tertiary/aromatic N) is 5. The van der Waals surface area contributed by atoms with E-state index in [1.165, 1.54) is 0 Å². The number of para-hydroxylation sites is 1. The molecule has 1 aromatic heterocycles. The van der Waals surface area contributed by atoms with Gasteiger partial charge < -0.3 is 15.1 Å². The summed E-state index contributed by atoms with van der Waals surface area (Å²) in [6.07, 6.45) is 0. The minimum atomic E-state index is -0.141. The second-order valence-corrected chi connectivity index (χ2v) is 7.17. The maximum atomic E-state index is 12.6. The molecule has 0 bridgehead atoms. The predicted molar refractivity (Wildman–Crippen MR) is 109 cm³/mol. The van der Waals surface area contributed by atoms with E-state index < -0.39 is 0 Å². The van der Waals surface area contributed by atoms with Gasteiger partial charge in [0.15, 0.2) is 11.5 Å². The van der Waals surface area contributed by atoms with Crippen LogP contribution in [-0.2, 0) is 4.79 Å². The van der Waals surface area contributed by atoms with Crippen molar-refractivity contribution in [2.24, 2.45) is 0 Å². The average molecular weight is 403 g/mol. The summed E-state index contributed by atoms with van der Waals surface area (Å²) in [5, 5.41) is 11.4. The molecule has 8 nitrogen and oxygen atoms in total. The van der Waals surface area contributed by atoms with Crippen LogP contribution >= 0.6 is 11.6 Å². The van der Waals surface area contributed by atoms with Crippen LogP contribution in [-0.4, -0.2) is 78.6 Å². The lowest BCUT2D eigenvalue weighted by molar-refractivity contribution is -0.117. The molecular formula is C19H23ClN6O2. The average Bonchev–Trinajstić information content (AvgIpc) is 2.70. The second kappa shape index (κ2) is 8.99. The van der Waals surface area contributed by atoms with Gasteiger partial charge in [-0.2, -0.15) is 0 Å². The summed E-state index contributed by atoms with van der Waals surface area (Å²) in [5.41, 5.74) is 0.929. The molecule has 1 fully saturated rings. The van der Waals surface area contributed by atoms with Gasteiger partial charge in [0.05, 0.1) is 17.3 Å². The van der Waals surface area contributed by atoms with Gasteiger partial charge in [-0.15, -0.1) is 10.2 Å². The highest BCUT2D eigenvalue weighted by atomic mass is 35.5. The number of carbonyl (C=O) groups is 2. The van der Waals surface area contributed by atoms with Crippen LogP contribution < -0.4 is 10.2 Å². The van der Waals surface area contributed by atoms with Crippen molar-refractivity contribution in [2.75, 3.05) is 57.0 Å². The first-order valence-electron chi connectivity index (χ1n) is 9.01. The zero-order valence-corrected chi connectivity index (χ0v) is 16.7. The molecular weight excluding hydrogens is 380 g/mol. The number of rotatable bonds is 5. The van der Waals surface area contributed by atoms with Gasteiger partial charge in [-0.25, -0.2) is 0 Å². The zero-order chi connectivity index (χ0) is 20.1. The molecule has 1 aliphatic heterocycles. The summed E-state index contributed by atoms with van der Waals surface area (Å²) >= 11 is 6.06. The first-order chi connectivity index (χ1) is 13.4. The predicted octanol–water partition coefficient (Wildman–Crippen LogP) is 1.59. The van der Waals surface area contributed by atoms with Crippen molar-refractivity contribution in [3.8, 4) is 0 Å². The number of aromatic nitrogens is 2. The molecule has 1 saturated heterocycles. The van der Waals surface area contributed by atoms with Crippen LogP contribution in [0, 0.1) is 0 Å². The number of hydrogen-bond donors (Lipinski definition) is 1. The van der Waals surface area contributed by atoms with E-state index >= 15 is 0 Å². The Balaban J connectivity index is 1.49. The Bertz CT molecular complexity index is 835. The molecule has 0 aliphatic carbocycles. The van der Waals surface area contributed by atoms with Crippen LogP contribution in [0.5, 0.6) is 0 Å². The summed E-state index contributed by atoms with van der Waals surface area (Å²) in [5.74, 6) is 0.432. The largest absolute Gasteiger partial charge is 0.361 e. The lowest BCUT2D eigenvalue weighted by atomic mass is 10.2. The second-order valence-electron chi connectivity index (χ2n) is 6.77. The highest BCUT2D eigenvalue weighted by molar-refractivity contribution is 6.33. The third-order valence-electron chi connectivity index (χ3n) is 4.50. The van der Waals surface area contributed by atoms with Crippen molar-refractivity contribution < 1.29 is 9.59 Å². The van der Waals surface area contributed by atoms with Crippen molar-refractivity contribution >= 4 is 34.9 Å². The number of amides is 2. The molecule has 0 unspecified atom stereocenters. The Morgan fingerprint density at radius 3 is 2.39 bits per heavy atom. The van der Waals surface area contributed by atoms with Crippen molar-refractivity contribution in [1.82, 2.24) is 20.0 Å². The molecule has 0 spiro atoms. The highest BCUT2D eigenvalue weighted by Crippen LogP contribution is 2.20. The van der Waals surface area contributed by atoms with Crippen molar-refractivity contribution in [2.45, 2.75) is 0 Å². The molecule has 2 heterocycles. The Hall–Kier alpha value is -2.71. The van der Waals surface area contributed by atoms with Crippen LogP contribution in [0.1, 0.15) is 10.5 Å². The molecule has 0 saturated carbocycles. The number of hydrogen-bond acceptors (Lipinski definition) is 6. The van der Waals surface area contributed by atoms with Gasteiger partial charge in [-0.05, 0) is 24.3 Å². The Labute approximate surface area is 169 Å². The standard InChI is InChI=1S/C19H23ClN6O2/c1-24(2)17-8-7-16(22-23-17)19(28)26-11-9-25(10-12-26)13-18(27)21-15-6-4-3-5-14(15)20/h3-8H,9-13H2,1-2H3,(H,21,27). The van der Waals surface area contributed by atoms with E-state index in [1.807, 2.05) is 36.0 Å². The number of carbonyl (C=O) groups excluding carboxylic acids is 2. The molecule has 28 heavy (non-hydrogen) atoms. The van der Waals surface area contributed by atoms with Gasteiger partial charge in [0.25, 0.3) is 5.91 Å². The smallest absolute Gasteiger partial charge is 0.274 e. The first-order valence-corrected chi connectivity index (χ1v) is 9.39. The number of anilines is 2. The Morgan fingerprint density at radius 2 is 1.79 bits per heavy atom. The van der Waals surface area contributed by atoms with Gasteiger partial charge in [0, 0.05) is 40.3 Å². The molecule has 0 radical (unpaired) electrons. The summed E-state index contributed by atoms with van der Waals surface area (Å²) < 4.78 is 0. The lowest BCUT2D eigenvalue weighted by Crippen LogP contribution is -2.50. The fourth-order valence-electron chi connectivity index (χ4n) is 2.90. The van der Waals surface area contributed by atoms with Gasteiger partial charge >= 0.3 is 0 Å². The fourth-order valence-corrected chi connectivity index (χ4v) is 3.09. The third-order valence-corrected chi connectivity index (χ3v) is 4.83. The maximum absolute atomic E-state index is 12.6. The molecule has 1 N–H and O–H groups in total. The van der Waals surface area contributed by atoms with Gasteiger partial charge in [-0.3, -0.25) is 14.5 Å². The van der Waals surface area contributed by atoms with Crippen molar-refractivity contribution in [1.29, 1.82) is 0 Å². The molecule has 2 amide bonds. The minimum Gasteiger partial charge on any atom is -0.361 e. The summed E-state index contributed by atoms with van der Waals surface area (Å²) in [7, 11) is 3.74. The Kier molecular flexibility index (Phi) is 6.43. The van der Waals surface area contributed by atoms with E-state index in [4.69, 9.17) is 11.6 Å². The van der Waals surface area contributed by atoms with E-state index in [2.05, 4.69) is 15.5 Å². The minimum absolute atomic E-state index is 0.127. The summed E-state index contributed by atoms with van der Waals surface area (Å²) in [6, 6.07) is 10.6. The van der Waals surface area contributed by atoms with E-state index in [1.54, 1.807) is 29.2 Å². The van der Waals surface area contributed by atoms with Crippen LogP contribution in [0.4, 0.5) is 11.5 Å². The molecule has 9 heteroatoms. The zero-order valence-electron chi connectivity index (χ0n) is 15.9. The van der Waals surface area contributed by atoms with Crippen molar-refractivity contribution in [3.63, 3.8) is 0 Å². The van der Waals surface area contributed by atoms with Crippen LogP contribution in [0.25, 0.3) is 0 Å². The molecule has 2 aromatic rings. The molecule has 1 aliphatic rings. The maximum Gasteiger partial charge on any atom is 0.274 e. The van der Waals surface area contributed by atoms with Crippen LogP contribution in [0.2, 0.25) is 5.02 Å². The number of halogens is 1. The number of nitrogens with one attached hydrogen (secondary N) is 1. The molecule has 148 valence electrons. The number of benzene rings is 1. The van der Waals surface area contributed by atoms with Crippen LogP contribution in [0.15, 0.2) is 36.4 Å². The van der Waals surface area contributed by atoms with E-state index in [0.717, 1.165) is 0 Å². The number of piperazine rings is 1. The quantitative estimate of drug-likeness (QED) is 0.818. The van der Waals surface area contributed by atoms with Crippen LogP contribution in [0.3, 0.4) is 0 Å². The SMILES string of the molecule is CN(C)c1ccc(C(=O)N2CCN(CC(=O)Nc3ccccc3Cl)CC2)nn1. The fraction of sp³-hybridized carbons (Fsp3) is 0.368. The molecule has 3 rings (SSSR count). The van der Waals surface area contributed by atoms with Gasteiger partial charge in [0.2, 0.25) is 5.91 Å². The normalized spacial score (nSPS) is 14.6. The molecule has 1 aromatic carbocycles. The lowest BCUT2D eigenvalue weighted by Gasteiger charge is -2.34. The third kappa shape index (κ3) is 4.96. The van der Waals surface area contributed by atoms with E-state index in [0.29, 0.717) is 48.4 Å². The Morgan fingerprint density at radius 1 is 1.07 bits per heavy atom. The molecule has 0 atom stereocenters.